The predicted octanol–water partition coefficient (Wildman–Crippen LogP) is 3.16. The van der Waals surface area contributed by atoms with Crippen molar-refractivity contribution in [1.82, 2.24) is 13.8 Å². The third-order valence-electron chi connectivity index (χ3n) is 5.11. The van der Waals surface area contributed by atoms with Crippen molar-refractivity contribution < 1.29 is 0 Å². The number of benzene rings is 1. The van der Waals surface area contributed by atoms with Gasteiger partial charge in [-0.15, -0.1) is 0 Å². The Morgan fingerprint density at radius 1 is 1.04 bits per heavy atom. The normalized spacial score (nSPS) is 15.7. The molecule has 5 nitrogen and oxygen atoms in total. The van der Waals surface area contributed by atoms with Gasteiger partial charge < -0.3 is 4.90 Å². The highest BCUT2D eigenvalue weighted by Crippen LogP contribution is 2.22. The molecule has 6 heteroatoms. The highest BCUT2D eigenvalue weighted by Gasteiger charge is 2.20. The molecule has 0 N–H and O–H groups in total. The first-order chi connectivity index (χ1) is 12.5. The SMILES string of the molecule is Cc1cc(C)c2c(=O)n(CN3CCN(c4ccccc4C)CC3)sc2n1. The number of nitrogens with zero attached hydrogens (tertiary/aromatic N) is 4. The first-order valence-electron chi connectivity index (χ1n) is 9.04. The van der Waals surface area contributed by atoms with Crippen molar-refractivity contribution in [3.05, 3.63) is 57.5 Å². The number of fused-ring (bicyclic) bond motifs is 1. The van der Waals surface area contributed by atoms with Crippen LogP contribution in [0.2, 0.25) is 0 Å². The van der Waals surface area contributed by atoms with Crippen LogP contribution in [-0.2, 0) is 6.67 Å². The third kappa shape index (κ3) is 3.15. The van der Waals surface area contributed by atoms with Crippen LogP contribution in [0.4, 0.5) is 5.69 Å². The number of rotatable bonds is 3. The number of hydrogen-bond donors (Lipinski definition) is 0. The molecule has 0 aliphatic carbocycles. The fourth-order valence-electron chi connectivity index (χ4n) is 3.72. The van der Waals surface area contributed by atoms with Gasteiger partial charge in [-0.1, -0.05) is 18.2 Å². The van der Waals surface area contributed by atoms with Gasteiger partial charge in [-0.2, -0.15) is 0 Å². The molecule has 0 unspecified atom stereocenters. The zero-order chi connectivity index (χ0) is 18.3. The van der Waals surface area contributed by atoms with E-state index in [4.69, 9.17) is 0 Å². The molecule has 4 rings (SSSR count). The maximum atomic E-state index is 12.8. The Morgan fingerprint density at radius 2 is 1.77 bits per heavy atom. The molecule has 2 aromatic heterocycles. The van der Waals surface area contributed by atoms with Crippen molar-refractivity contribution in [2.24, 2.45) is 0 Å². The molecule has 1 saturated heterocycles. The van der Waals surface area contributed by atoms with E-state index in [1.165, 1.54) is 22.8 Å². The summed E-state index contributed by atoms with van der Waals surface area (Å²) in [5.41, 5.74) is 4.73. The highest BCUT2D eigenvalue weighted by molar-refractivity contribution is 7.13. The van der Waals surface area contributed by atoms with Gasteiger partial charge in [0.25, 0.3) is 5.56 Å². The molecule has 1 aliphatic rings. The number of aromatic nitrogens is 2. The van der Waals surface area contributed by atoms with Gasteiger partial charge in [-0.05, 0) is 55.6 Å². The lowest BCUT2D eigenvalue weighted by molar-refractivity contribution is 0.212. The summed E-state index contributed by atoms with van der Waals surface area (Å²) in [6.07, 6.45) is 0. The van der Waals surface area contributed by atoms with E-state index >= 15 is 0 Å². The fourth-order valence-corrected chi connectivity index (χ4v) is 4.85. The van der Waals surface area contributed by atoms with E-state index in [0.717, 1.165) is 47.7 Å². The molecule has 1 fully saturated rings. The summed E-state index contributed by atoms with van der Waals surface area (Å²) in [4.78, 5) is 23.0. The van der Waals surface area contributed by atoms with Crippen LogP contribution in [-0.4, -0.2) is 40.0 Å². The summed E-state index contributed by atoms with van der Waals surface area (Å²) in [6.45, 7) is 10.7. The summed E-state index contributed by atoms with van der Waals surface area (Å²) in [5.74, 6) is 0. The fraction of sp³-hybridized carbons (Fsp3) is 0.400. The van der Waals surface area contributed by atoms with Crippen molar-refractivity contribution in [1.29, 1.82) is 0 Å². The van der Waals surface area contributed by atoms with Crippen molar-refractivity contribution in [3.63, 3.8) is 0 Å². The summed E-state index contributed by atoms with van der Waals surface area (Å²) < 4.78 is 1.85. The van der Waals surface area contributed by atoms with Gasteiger partial charge in [0.1, 0.15) is 4.83 Å². The summed E-state index contributed by atoms with van der Waals surface area (Å²) in [5, 5.41) is 0.777. The number of anilines is 1. The molecular formula is C20H24N4OS. The Morgan fingerprint density at radius 3 is 2.50 bits per heavy atom. The number of piperazine rings is 1. The molecule has 0 amide bonds. The van der Waals surface area contributed by atoms with E-state index in [9.17, 15) is 4.79 Å². The van der Waals surface area contributed by atoms with E-state index in [2.05, 4.69) is 46.0 Å². The van der Waals surface area contributed by atoms with Crippen LogP contribution in [0.25, 0.3) is 10.2 Å². The van der Waals surface area contributed by atoms with Gasteiger partial charge in [0.2, 0.25) is 0 Å². The largest absolute Gasteiger partial charge is 0.369 e. The van der Waals surface area contributed by atoms with Crippen molar-refractivity contribution in [3.8, 4) is 0 Å². The Labute approximate surface area is 157 Å². The van der Waals surface area contributed by atoms with Gasteiger partial charge in [-0.25, -0.2) is 8.94 Å². The molecule has 26 heavy (non-hydrogen) atoms. The topological polar surface area (TPSA) is 41.4 Å². The van der Waals surface area contributed by atoms with Crippen LogP contribution in [0.15, 0.2) is 35.1 Å². The minimum Gasteiger partial charge on any atom is -0.369 e. The van der Waals surface area contributed by atoms with Crippen LogP contribution in [0.3, 0.4) is 0 Å². The summed E-state index contributed by atoms with van der Waals surface area (Å²) >= 11 is 1.48. The predicted molar refractivity (Wildman–Crippen MR) is 108 cm³/mol. The van der Waals surface area contributed by atoms with Crippen LogP contribution < -0.4 is 10.5 Å². The first-order valence-corrected chi connectivity index (χ1v) is 9.81. The number of hydrogen-bond acceptors (Lipinski definition) is 5. The molecule has 1 aromatic carbocycles. The second-order valence-electron chi connectivity index (χ2n) is 7.07. The number of pyridine rings is 1. The molecule has 3 heterocycles. The molecule has 3 aromatic rings. The molecule has 136 valence electrons. The Hall–Kier alpha value is -2.18. The second kappa shape index (κ2) is 6.85. The van der Waals surface area contributed by atoms with Crippen molar-refractivity contribution >= 4 is 27.4 Å². The third-order valence-corrected chi connectivity index (χ3v) is 6.08. The monoisotopic (exact) mass is 368 g/mol. The van der Waals surface area contributed by atoms with Gasteiger partial charge in [0, 0.05) is 37.6 Å². The van der Waals surface area contributed by atoms with Crippen LogP contribution >= 0.6 is 11.5 Å². The highest BCUT2D eigenvalue weighted by atomic mass is 32.1. The van der Waals surface area contributed by atoms with Gasteiger partial charge in [0.05, 0.1) is 12.1 Å². The minimum absolute atomic E-state index is 0.0938. The van der Waals surface area contributed by atoms with E-state index in [1.54, 1.807) is 0 Å². The molecule has 0 saturated carbocycles. The Balaban J connectivity index is 1.49. The zero-order valence-electron chi connectivity index (χ0n) is 15.5. The zero-order valence-corrected chi connectivity index (χ0v) is 16.3. The smallest absolute Gasteiger partial charge is 0.271 e. The van der Waals surface area contributed by atoms with Crippen LogP contribution in [0, 0.1) is 20.8 Å². The first kappa shape index (κ1) is 17.2. The van der Waals surface area contributed by atoms with Crippen molar-refractivity contribution in [2.45, 2.75) is 27.4 Å². The maximum Gasteiger partial charge on any atom is 0.271 e. The van der Waals surface area contributed by atoms with E-state index in [0.29, 0.717) is 6.67 Å². The molecule has 1 aliphatic heterocycles. The lowest BCUT2D eigenvalue weighted by Crippen LogP contribution is -2.47. The molecule has 0 spiro atoms. The molecular weight excluding hydrogens is 344 g/mol. The lowest BCUT2D eigenvalue weighted by Gasteiger charge is -2.36. The molecule has 0 radical (unpaired) electrons. The van der Waals surface area contributed by atoms with E-state index < -0.39 is 0 Å². The summed E-state index contributed by atoms with van der Waals surface area (Å²) in [7, 11) is 0. The molecule has 0 atom stereocenters. The number of aryl methyl sites for hydroxylation is 3. The average Bonchev–Trinajstić information content (AvgIpc) is 2.92. The molecule has 0 bridgehead atoms. The van der Waals surface area contributed by atoms with E-state index in [1.807, 2.05) is 23.9 Å². The van der Waals surface area contributed by atoms with Gasteiger partial charge in [-0.3, -0.25) is 9.69 Å². The van der Waals surface area contributed by atoms with Crippen LogP contribution in [0.5, 0.6) is 0 Å². The number of para-hydroxylation sites is 1. The minimum atomic E-state index is 0.0938. The quantitative estimate of drug-likeness (QED) is 0.712. The standard InChI is InChI=1S/C20H24N4OS/c1-14-6-4-5-7-17(14)23-10-8-22(9-11-23)13-24-20(25)18-15(2)12-16(3)21-19(18)26-24/h4-7,12H,8-11,13H2,1-3H3. The maximum absolute atomic E-state index is 12.8. The Kier molecular flexibility index (Phi) is 4.54. The van der Waals surface area contributed by atoms with Gasteiger partial charge >= 0.3 is 0 Å². The van der Waals surface area contributed by atoms with Crippen molar-refractivity contribution in [2.75, 3.05) is 31.1 Å². The van der Waals surface area contributed by atoms with Crippen LogP contribution in [0.1, 0.15) is 16.8 Å². The van der Waals surface area contributed by atoms with Gasteiger partial charge in [0.15, 0.2) is 0 Å². The Bertz CT molecular complexity index is 999. The summed E-state index contributed by atoms with van der Waals surface area (Å²) in [6, 6.07) is 10.5. The lowest BCUT2D eigenvalue weighted by atomic mass is 10.1. The second-order valence-corrected chi connectivity index (χ2v) is 8.08. The van der Waals surface area contributed by atoms with E-state index in [-0.39, 0.29) is 5.56 Å². The average molecular weight is 369 g/mol.